The zero-order valence-corrected chi connectivity index (χ0v) is 20.6. The van der Waals surface area contributed by atoms with Gasteiger partial charge in [-0.1, -0.05) is 41.4 Å². The molecule has 1 aliphatic rings. The summed E-state index contributed by atoms with van der Waals surface area (Å²) in [4.78, 5) is 17.6. The molecule has 0 unspecified atom stereocenters. The van der Waals surface area contributed by atoms with E-state index in [2.05, 4.69) is 43.2 Å². The predicted octanol–water partition coefficient (Wildman–Crippen LogP) is 7.04. The number of nitrogens with zero attached hydrogens (tertiary/aromatic N) is 1. The average molecular weight is 477 g/mol. The number of aryl methyl sites for hydroxylation is 4. The molecule has 1 saturated heterocycles. The Labute approximate surface area is 203 Å². The number of hydrogen-bond acceptors (Lipinski definition) is 4. The summed E-state index contributed by atoms with van der Waals surface area (Å²) in [5.74, 6) is 0.636. The van der Waals surface area contributed by atoms with Gasteiger partial charge in [0.2, 0.25) is 0 Å². The van der Waals surface area contributed by atoms with Crippen molar-refractivity contribution in [2.45, 2.75) is 34.3 Å². The van der Waals surface area contributed by atoms with Gasteiger partial charge in [-0.15, -0.1) is 0 Å². The number of amides is 1. The molecular weight excluding hydrogens is 452 g/mol. The summed E-state index contributed by atoms with van der Waals surface area (Å²) in [7, 11) is 0. The molecule has 1 aliphatic heterocycles. The molecule has 168 valence electrons. The van der Waals surface area contributed by atoms with E-state index in [1.807, 2.05) is 49.4 Å². The van der Waals surface area contributed by atoms with Crippen molar-refractivity contribution in [3.63, 3.8) is 0 Å². The summed E-state index contributed by atoms with van der Waals surface area (Å²) in [5.41, 5.74) is 7.61. The maximum absolute atomic E-state index is 12.4. The largest absolute Gasteiger partial charge is 0.489 e. The highest BCUT2D eigenvalue weighted by Crippen LogP contribution is 2.30. The second-order valence-corrected chi connectivity index (χ2v) is 9.61. The number of aliphatic imine (C=N–C) groups is 1. The highest BCUT2D eigenvalue weighted by atomic mass is 35.5. The summed E-state index contributed by atoms with van der Waals surface area (Å²) in [6.07, 6.45) is 1.86. The van der Waals surface area contributed by atoms with Crippen molar-refractivity contribution in [1.29, 1.82) is 0 Å². The molecule has 0 atom stereocenters. The molecule has 6 heteroatoms. The zero-order chi connectivity index (χ0) is 23.5. The fourth-order valence-electron chi connectivity index (χ4n) is 3.74. The van der Waals surface area contributed by atoms with E-state index in [0.29, 0.717) is 21.7 Å². The minimum Gasteiger partial charge on any atom is -0.489 e. The number of halogens is 1. The minimum absolute atomic E-state index is 0.156. The molecule has 3 aromatic carbocycles. The first kappa shape index (κ1) is 23.1. The lowest BCUT2D eigenvalue weighted by Gasteiger charge is -2.13. The summed E-state index contributed by atoms with van der Waals surface area (Å²) >= 11 is 7.33. The van der Waals surface area contributed by atoms with E-state index in [9.17, 15) is 4.79 Å². The highest BCUT2D eigenvalue weighted by molar-refractivity contribution is 8.18. The highest BCUT2D eigenvalue weighted by Gasteiger charge is 2.24. The van der Waals surface area contributed by atoms with Crippen LogP contribution in [0.3, 0.4) is 0 Å². The standard InChI is InChI=1S/C27H25ClN2O2S/c1-16-11-17(2)23(18(3)12-16)15-32-22-8-5-20(6-9-22)14-25-26(31)30-27(33-25)29-24-10-7-21(28)13-19(24)4/h5-14H,15H2,1-4H3,(H,29,30,31)/b25-14-. The first-order chi connectivity index (χ1) is 15.8. The van der Waals surface area contributed by atoms with Gasteiger partial charge in [-0.05, 0) is 104 Å². The first-order valence-electron chi connectivity index (χ1n) is 10.6. The second-order valence-electron chi connectivity index (χ2n) is 8.15. The van der Waals surface area contributed by atoms with E-state index in [4.69, 9.17) is 16.3 Å². The molecule has 33 heavy (non-hydrogen) atoms. The van der Waals surface area contributed by atoms with Crippen LogP contribution in [0.25, 0.3) is 6.08 Å². The van der Waals surface area contributed by atoms with E-state index in [-0.39, 0.29) is 5.91 Å². The van der Waals surface area contributed by atoms with Gasteiger partial charge in [-0.2, -0.15) is 0 Å². The summed E-state index contributed by atoms with van der Waals surface area (Å²) in [6.45, 7) is 8.80. The van der Waals surface area contributed by atoms with Gasteiger partial charge in [-0.25, -0.2) is 4.99 Å². The number of benzene rings is 3. The minimum atomic E-state index is -0.156. The number of thioether (sulfide) groups is 1. The molecule has 0 aromatic heterocycles. The molecule has 4 rings (SSSR count). The Bertz CT molecular complexity index is 1260. The molecular formula is C27H25ClN2O2S. The van der Waals surface area contributed by atoms with Crippen molar-refractivity contribution < 1.29 is 9.53 Å². The number of ether oxygens (including phenoxy) is 1. The van der Waals surface area contributed by atoms with Crippen molar-refractivity contribution >= 4 is 46.2 Å². The maximum Gasteiger partial charge on any atom is 0.264 e. The number of carbonyl (C=O) groups is 1. The SMILES string of the molecule is Cc1cc(C)c(COc2ccc(/C=C3\SC(=Nc4ccc(Cl)cc4C)NC3=O)cc2)c(C)c1. The lowest BCUT2D eigenvalue weighted by atomic mass is 10.0. The molecule has 1 amide bonds. The Hall–Kier alpha value is -3.02. The predicted molar refractivity (Wildman–Crippen MR) is 138 cm³/mol. The molecule has 1 fully saturated rings. The van der Waals surface area contributed by atoms with Crippen molar-refractivity contribution in [2.75, 3.05) is 0 Å². The fourth-order valence-corrected chi connectivity index (χ4v) is 4.80. The van der Waals surface area contributed by atoms with E-state index in [1.54, 1.807) is 6.07 Å². The van der Waals surface area contributed by atoms with Gasteiger partial charge in [0.25, 0.3) is 5.91 Å². The Kier molecular flexibility index (Phi) is 6.91. The topological polar surface area (TPSA) is 50.7 Å². The van der Waals surface area contributed by atoms with Crippen LogP contribution < -0.4 is 10.1 Å². The molecule has 4 nitrogen and oxygen atoms in total. The maximum atomic E-state index is 12.4. The summed E-state index contributed by atoms with van der Waals surface area (Å²) in [6, 6.07) is 17.6. The van der Waals surface area contributed by atoms with Gasteiger partial charge in [-0.3, -0.25) is 4.79 Å². The third-order valence-corrected chi connectivity index (χ3v) is 6.58. The Balaban J connectivity index is 1.43. The van der Waals surface area contributed by atoms with Crippen LogP contribution in [-0.4, -0.2) is 11.1 Å². The van der Waals surface area contributed by atoms with Crippen LogP contribution in [-0.2, 0) is 11.4 Å². The van der Waals surface area contributed by atoms with Crippen LogP contribution in [0.5, 0.6) is 5.75 Å². The van der Waals surface area contributed by atoms with Crippen LogP contribution in [0, 0.1) is 27.7 Å². The van der Waals surface area contributed by atoms with E-state index in [1.165, 1.54) is 34.0 Å². The molecule has 0 aliphatic carbocycles. The van der Waals surface area contributed by atoms with E-state index >= 15 is 0 Å². The van der Waals surface area contributed by atoms with Crippen LogP contribution >= 0.6 is 23.4 Å². The molecule has 1 heterocycles. The van der Waals surface area contributed by atoms with E-state index < -0.39 is 0 Å². The lowest BCUT2D eigenvalue weighted by molar-refractivity contribution is -0.115. The van der Waals surface area contributed by atoms with Crippen molar-refractivity contribution in [2.24, 2.45) is 4.99 Å². The Morgan fingerprint density at radius 2 is 1.67 bits per heavy atom. The Morgan fingerprint density at radius 1 is 0.970 bits per heavy atom. The van der Waals surface area contributed by atoms with Crippen molar-refractivity contribution in [3.05, 3.63) is 97.9 Å². The normalized spacial score (nSPS) is 15.8. The van der Waals surface area contributed by atoms with Gasteiger partial charge < -0.3 is 10.1 Å². The first-order valence-corrected chi connectivity index (χ1v) is 11.8. The van der Waals surface area contributed by atoms with Gasteiger partial charge in [0.15, 0.2) is 5.17 Å². The van der Waals surface area contributed by atoms with Gasteiger partial charge in [0.05, 0.1) is 10.6 Å². The number of nitrogens with one attached hydrogen (secondary N) is 1. The lowest BCUT2D eigenvalue weighted by Crippen LogP contribution is -2.19. The molecule has 0 saturated carbocycles. The molecule has 0 radical (unpaired) electrons. The zero-order valence-electron chi connectivity index (χ0n) is 19.0. The number of hydrogen-bond donors (Lipinski definition) is 1. The Morgan fingerprint density at radius 3 is 2.33 bits per heavy atom. The molecule has 1 N–H and O–H groups in total. The molecule has 3 aromatic rings. The van der Waals surface area contributed by atoms with Crippen molar-refractivity contribution in [3.8, 4) is 5.75 Å². The second kappa shape index (κ2) is 9.86. The average Bonchev–Trinajstić information content (AvgIpc) is 3.09. The quantitative estimate of drug-likeness (QED) is 0.401. The van der Waals surface area contributed by atoms with E-state index in [0.717, 1.165) is 22.6 Å². The third kappa shape index (κ3) is 5.67. The number of rotatable bonds is 5. The van der Waals surface area contributed by atoms with Crippen LogP contribution in [0.15, 0.2) is 64.5 Å². The summed E-state index contributed by atoms with van der Waals surface area (Å²) in [5, 5.41) is 4.05. The summed E-state index contributed by atoms with van der Waals surface area (Å²) < 4.78 is 6.01. The van der Waals surface area contributed by atoms with Gasteiger partial charge >= 0.3 is 0 Å². The third-order valence-electron chi connectivity index (χ3n) is 5.43. The monoisotopic (exact) mass is 476 g/mol. The van der Waals surface area contributed by atoms with Crippen LogP contribution in [0.1, 0.15) is 33.4 Å². The molecule has 0 spiro atoms. The van der Waals surface area contributed by atoms with Gasteiger partial charge in [0.1, 0.15) is 12.4 Å². The number of amidine groups is 1. The van der Waals surface area contributed by atoms with Crippen molar-refractivity contribution in [1.82, 2.24) is 5.32 Å². The number of carbonyl (C=O) groups excluding carboxylic acids is 1. The molecule has 0 bridgehead atoms. The fraction of sp³-hybridized carbons (Fsp3) is 0.185. The van der Waals surface area contributed by atoms with Crippen LogP contribution in [0.2, 0.25) is 5.02 Å². The van der Waals surface area contributed by atoms with Crippen LogP contribution in [0.4, 0.5) is 5.69 Å². The smallest absolute Gasteiger partial charge is 0.264 e. The van der Waals surface area contributed by atoms with Gasteiger partial charge in [0, 0.05) is 5.02 Å².